The lowest BCUT2D eigenvalue weighted by molar-refractivity contribution is 0.0526. The molecule has 0 amide bonds. The van der Waals surface area contributed by atoms with Crippen LogP contribution in [0.25, 0.3) is 0 Å². The molecule has 1 aliphatic rings. The highest BCUT2D eigenvalue weighted by Crippen LogP contribution is 2.29. The van der Waals surface area contributed by atoms with Crippen molar-refractivity contribution in [3.8, 4) is 0 Å². The van der Waals surface area contributed by atoms with E-state index < -0.39 is 0 Å². The second kappa shape index (κ2) is 7.34. The maximum absolute atomic E-state index is 11.6. The van der Waals surface area contributed by atoms with E-state index in [0.29, 0.717) is 17.9 Å². The summed E-state index contributed by atoms with van der Waals surface area (Å²) in [5.74, 6) is 1.28. The number of ether oxygens (including phenoxy) is 1. The lowest BCUT2D eigenvalue weighted by atomic mass is 9.83. The summed E-state index contributed by atoms with van der Waals surface area (Å²) >= 11 is 0. The van der Waals surface area contributed by atoms with Gasteiger partial charge in [-0.05, 0) is 49.8 Å². The van der Waals surface area contributed by atoms with Gasteiger partial charge in [-0.3, -0.25) is 0 Å². The number of nitrogen functional groups attached to an aromatic ring is 1. The van der Waals surface area contributed by atoms with Crippen molar-refractivity contribution in [3.05, 3.63) is 23.8 Å². The maximum Gasteiger partial charge on any atom is 0.338 e. The van der Waals surface area contributed by atoms with Crippen molar-refractivity contribution in [2.75, 3.05) is 24.2 Å². The summed E-state index contributed by atoms with van der Waals surface area (Å²) in [6, 6.07) is 5.32. The Morgan fingerprint density at radius 2 is 2.05 bits per heavy atom. The molecule has 1 saturated carbocycles. The number of carbonyl (C=O) groups is 1. The number of rotatable bonds is 5. The minimum Gasteiger partial charge on any atom is -0.462 e. The van der Waals surface area contributed by atoms with Gasteiger partial charge in [0, 0.05) is 6.54 Å². The molecule has 0 unspecified atom stereocenters. The van der Waals surface area contributed by atoms with E-state index in [1.807, 2.05) is 6.07 Å². The molecule has 0 saturated heterocycles. The monoisotopic (exact) mass is 290 g/mol. The van der Waals surface area contributed by atoms with Gasteiger partial charge >= 0.3 is 5.97 Å². The molecule has 0 bridgehead atoms. The Morgan fingerprint density at radius 1 is 1.33 bits per heavy atom. The molecular weight excluding hydrogens is 264 g/mol. The zero-order valence-electron chi connectivity index (χ0n) is 13.0. The lowest BCUT2D eigenvalue weighted by Gasteiger charge is -2.26. The Kier molecular flexibility index (Phi) is 5.48. The smallest absolute Gasteiger partial charge is 0.338 e. The van der Waals surface area contributed by atoms with E-state index in [9.17, 15) is 4.79 Å². The highest BCUT2D eigenvalue weighted by atomic mass is 16.5. The average molecular weight is 290 g/mol. The minimum absolute atomic E-state index is 0.322. The predicted octanol–water partition coefficient (Wildman–Crippen LogP) is 3.68. The number of nitrogens with one attached hydrogen (secondary N) is 1. The van der Waals surface area contributed by atoms with Gasteiger partial charge in [-0.1, -0.05) is 19.8 Å². The Morgan fingerprint density at radius 3 is 2.67 bits per heavy atom. The van der Waals surface area contributed by atoms with Gasteiger partial charge in [0.15, 0.2) is 0 Å². The number of benzene rings is 1. The largest absolute Gasteiger partial charge is 0.462 e. The molecule has 0 spiro atoms. The molecule has 2 rings (SSSR count). The molecule has 0 aliphatic heterocycles. The fourth-order valence-electron chi connectivity index (χ4n) is 2.85. The van der Waals surface area contributed by atoms with Crippen LogP contribution < -0.4 is 11.1 Å². The summed E-state index contributed by atoms with van der Waals surface area (Å²) in [5.41, 5.74) is 8.03. The molecule has 1 fully saturated rings. The summed E-state index contributed by atoms with van der Waals surface area (Å²) < 4.78 is 4.97. The van der Waals surface area contributed by atoms with Crippen LogP contribution in [0, 0.1) is 11.8 Å². The third-order valence-electron chi connectivity index (χ3n) is 4.28. The molecule has 4 heteroatoms. The quantitative estimate of drug-likeness (QED) is 0.641. The highest BCUT2D eigenvalue weighted by molar-refractivity contribution is 5.91. The molecule has 1 aromatic carbocycles. The first-order valence-electron chi connectivity index (χ1n) is 7.90. The normalized spacial score (nSPS) is 21.8. The van der Waals surface area contributed by atoms with Gasteiger partial charge in [0.25, 0.3) is 0 Å². The van der Waals surface area contributed by atoms with Crippen LogP contribution in [0.5, 0.6) is 0 Å². The highest BCUT2D eigenvalue weighted by Gasteiger charge is 2.18. The first-order valence-corrected chi connectivity index (χ1v) is 7.90. The summed E-state index contributed by atoms with van der Waals surface area (Å²) in [5, 5.41) is 3.42. The molecule has 0 radical (unpaired) electrons. The average Bonchev–Trinajstić information content (AvgIpc) is 2.48. The van der Waals surface area contributed by atoms with E-state index in [4.69, 9.17) is 10.5 Å². The van der Waals surface area contributed by atoms with Gasteiger partial charge in [0.2, 0.25) is 0 Å². The van der Waals surface area contributed by atoms with Crippen LogP contribution in [0.15, 0.2) is 18.2 Å². The summed E-state index contributed by atoms with van der Waals surface area (Å²) in [6.45, 7) is 5.45. The van der Waals surface area contributed by atoms with Crippen molar-refractivity contribution >= 4 is 17.3 Å². The fourth-order valence-corrected chi connectivity index (χ4v) is 2.85. The summed E-state index contributed by atoms with van der Waals surface area (Å²) in [6.07, 6.45) is 5.22. The van der Waals surface area contributed by atoms with E-state index in [2.05, 4.69) is 12.2 Å². The molecular formula is C17H26N2O2. The molecule has 0 heterocycles. The van der Waals surface area contributed by atoms with Gasteiger partial charge in [0.1, 0.15) is 0 Å². The third kappa shape index (κ3) is 4.38. The van der Waals surface area contributed by atoms with E-state index >= 15 is 0 Å². The zero-order chi connectivity index (χ0) is 15.2. The molecule has 116 valence electrons. The number of carbonyl (C=O) groups excluding carboxylic acids is 1. The van der Waals surface area contributed by atoms with Crippen LogP contribution in [-0.2, 0) is 4.74 Å². The van der Waals surface area contributed by atoms with Crippen molar-refractivity contribution in [1.82, 2.24) is 0 Å². The van der Waals surface area contributed by atoms with Crippen molar-refractivity contribution in [1.29, 1.82) is 0 Å². The first kappa shape index (κ1) is 15.7. The first-order chi connectivity index (χ1) is 10.1. The molecule has 0 aromatic heterocycles. The number of nitrogens with two attached hydrogens (primary N) is 1. The van der Waals surface area contributed by atoms with Crippen LogP contribution in [0.4, 0.5) is 11.4 Å². The Bertz CT molecular complexity index is 480. The van der Waals surface area contributed by atoms with Crippen molar-refractivity contribution < 1.29 is 9.53 Å². The number of esters is 1. The molecule has 1 aromatic rings. The molecule has 21 heavy (non-hydrogen) atoms. The van der Waals surface area contributed by atoms with E-state index in [1.165, 1.54) is 25.7 Å². The SMILES string of the molecule is CCOC(=O)c1ccc(NCC2CCC(C)CC2)c(N)c1. The van der Waals surface area contributed by atoms with E-state index in [-0.39, 0.29) is 5.97 Å². The Labute approximate surface area is 127 Å². The summed E-state index contributed by atoms with van der Waals surface area (Å²) in [4.78, 5) is 11.6. The van der Waals surface area contributed by atoms with Crippen LogP contribution in [0.3, 0.4) is 0 Å². The van der Waals surface area contributed by atoms with Crippen LogP contribution in [-0.4, -0.2) is 19.1 Å². The van der Waals surface area contributed by atoms with Gasteiger partial charge in [0.05, 0.1) is 23.5 Å². The predicted molar refractivity (Wildman–Crippen MR) is 86.4 cm³/mol. The number of hydrogen-bond acceptors (Lipinski definition) is 4. The molecule has 4 nitrogen and oxygen atoms in total. The minimum atomic E-state index is -0.322. The topological polar surface area (TPSA) is 64.3 Å². The van der Waals surface area contributed by atoms with Gasteiger partial charge in [-0.2, -0.15) is 0 Å². The van der Waals surface area contributed by atoms with Crippen LogP contribution >= 0.6 is 0 Å². The number of hydrogen-bond donors (Lipinski definition) is 2. The van der Waals surface area contributed by atoms with Crippen molar-refractivity contribution in [2.24, 2.45) is 11.8 Å². The Balaban J connectivity index is 1.90. The van der Waals surface area contributed by atoms with E-state index in [0.717, 1.165) is 24.1 Å². The van der Waals surface area contributed by atoms with Crippen LogP contribution in [0.2, 0.25) is 0 Å². The van der Waals surface area contributed by atoms with Gasteiger partial charge in [-0.15, -0.1) is 0 Å². The van der Waals surface area contributed by atoms with Gasteiger partial charge in [-0.25, -0.2) is 4.79 Å². The number of anilines is 2. The van der Waals surface area contributed by atoms with Crippen molar-refractivity contribution in [2.45, 2.75) is 39.5 Å². The molecule has 1 aliphatic carbocycles. The van der Waals surface area contributed by atoms with Crippen molar-refractivity contribution in [3.63, 3.8) is 0 Å². The lowest BCUT2D eigenvalue weighted by Crippen LogP contribution is -2.20. The standard InChI is InChI=1S/C17H26N2O2/c1-3-21-17(20)14-8-9-16(15(18)10-14)19-11-13-6-4-12(2)5-7-13/h8-10,12-13,19H,3-7,11,18H2,1-2H3. The summed E-state index contributed by atoms with van der Waals surface area (Å²) in [7, 11) is 0. The Hall–Kier alpha value is -1.71. The maximum atomic E-state index is 11.6. The van der Waals surface area contributed by atoms with Gasteiger partial charge < -0.3 is 15.8 Å². The second-order valence-corrected chi connectivity index (χ2v) is 6.03. The third-order valence-corrected chi connectivity index (χ3v) is 4.28. The molecule has 0 atom stereocenters. The fraction of sp³-hybridized carbons (Fsp3) is 0.588. The van der Waals surface area contributed by atoms with E-state index in [1.54, 1.807) is 19.1 Å². The second-order valence-electron chi connectivity index (χ2n) is 6.03. The molecule has 3 N–H and O–H groups in total. The zero-order valence-corrected chi connectivity index (χ0v) is 13.0. The van der Waals surface area contributed by atoms with Crippen LogP contribution in [0.1, 0.15) is 49.9 Å².